The van der Waals surface area contributed by atoms with Crippen LogP contribution in [0.15, 0.2) is 18.2 Å². The van der Waals surface area contributed by atoms with Crippen LogP contribution in [0.4, 0.5) is 18.3 Å². The van der Waals surface area contributed by atoms with E-state index in [0.29, 0.717) is 22.3 Å². The van der Waals surface area contributed by atoms with E-state index in [-0.39, 0.29) is 0 Å². The van der Waals surface area contributed by atoms with Gasteiger partial charge in [-0.25, -0.2) is 4.98 Å². The Morgan fingerprint density at radius 2 is 1.90 bits per heavy atom. The molecule has 0 bridgehead atoms. The van der Waals surface area contributed by atoms with Crippen molar-refractivity contribution < 1.29 is 13.2 Å². The lowest BCUT2D eigenvalue weighted by molar-refractivity contribution is -0.137. The average Bonchev–Trinajstić information content (AvgIpc) is 2.79. The van der Waals surface area contributed by atoms with Crippen LogP contribution in [0.25, 0.3) is 10.2 Å². The van der Waals surface area contributed by atoms with Crippen molar-refractivity contribution in [1.29, 1.82) is 0 Å². The van der Waals surface area contributed by atoms with Crippen LogP contribution in [-0.4, -0.2) is 30.2 Å². The molecule has 1 aliphatic heterocycles. The molecular formula is C14H16F3N3S. The van der Waals surface area contributed by atoms with Gasteiger partial charge in [0.05, 0.1) is 15.8 Å². The Balaban J connectivity index is 1.94. The number of nitrogens with one attached hydrogen (secondary N) is 1. The van der Waals surface area contributed by atoms with E-state index in [1.54, 1.807) is 0 Å². The number of thiazole rings is 1. The Kier molecular flexibility index (Phi) is 3.57. The number of piperazine rings is 1. The second kappa shape index (κ2) is 5.14. The van der Waals surface area contributed by atoms with Crippen LogP contribution in [0.3, 0.4) is 0 Å². The topological polar surface area (TPSA) is 28.2 Å². The summed E-state index contributed by atoms with van der Waals surface area (Å²) in [6, 6.07) is 4.41. The highest BCUT2D eigenvalue weighted by atomic mass is 32.1. The van der Waals surface area contributed by atoms with Gasteiger partial charge >= 0.3 is 6.18 Å². The van der Waals surface area contributed by atoms with Gasteiger partial charge in [0, 0.05) is 25.2 Å². The molecule has 0 amide bonds. The van der Waals surface area contributed by atoms with Crippen LogP contribution in [0, 0.1) is 0 Å². The molecule has 0 unspecified atom stereocenters. The molecule has 2 atom stereocenters. The molecule has 0 saturated carbocycles. The van der Waals surface area contributed by atoms with Crippen molar-refractivity contribution in [2.45, 2.75) is 32.1 Å². The maximum Gasteiger partial charge on any atom is 0.416 e. The van der Waals surface area contributed by atoms with E-state index < -0.39 is 11.7 Å². The molecule has 7 heteroatoms. The first-order valence-corrected chi connectivity index (χ1v) is 7.63. The minimum Gasteiger partial charge on any atom is -0.345 e. The summed E-state index contributed by atoms with van der Waals surface area (Å²) in [5.41, 5.74) is 0.00841. The number of alkyl halides is 3. The summed E-state index contributed by atoms with van der Waals surface area (Å²) in [5, 5.41) is 4.22. The van der Waals surface area contributed by atoms with Crippen molar-refractivity contribution in [1.82, 2.24) is 10.3 Å². The van der Waals surface area contributed by atoms with E-state index >= 15 is 0 Å². The van der Waals surface area contributed by atoms with Crippen molar-refractivity contribution in [2.75, 3.05) is 18.0 Å². The molecule has 114 valence electrons. The zero-order valence-electron chi connectivity index (χ0n) is 11.7. The molecule has 2 heterocycles. The Bertz CT molecular complexity index is 642. The first kappa shape index (κ1) is 14.6. The molecule has 0 spiro atoms. The maximum absolute atomic E-state index is 12.7. The first-order chi connectivity index (χ1) is 9.83. The first-order valence-electron chi connectivity index (χ1n) is 6.82. The number of benzene rings is 1. The Morgan fingerprint density at radius 1 is 1.24 bits per heavy atom. The van der Waals surface area contributed by atoms with E-state index in [9.17, 15) is 13.2 Å². The van der Waals surface area contributed by atoms with Crippen LogP contribution >= 0.6 is 11.3 Å². The van der Waals surface area contributed by atoms with Crippen LogP contribution in [0.5, 0.6) is 0 Å². The summed E-state index contributed by atoms with van der Waals surface area (Å²) in [6.07, 6.45) is -4.31. The van der Waals surface area contributed by atoms with Gasteiger partial charge in [-0.3, -0.25) is 0 Å². The lowest BCUT2D eigenvalue weighted by atomic mass is 10.2. The molecule has 1 N–H and O–H groups in total. The van der Waals surface area contributed by atoms with Crippen molar-refractivity contribution in [3.63, 3.8) is 0 Å². The summed E-state index contributed by atoms with van der Waals surface area (Å²) >= 11 is 1.33. The standard InChI is InChI=1S/C14H16F3N3S/c1-8-6-20(7-9(2)18-8)13-19-11-4-3-10(14(15,16)17)5-12(11)21-13/h3-5,8-9,18H,6-7H2,1-2H3/t8-,9-/m0/s1. The molecule has 0 aliphatic carbocycles. The Morgan fingerprint density at radius 3 is 2.52 bits per heavy atom. The van der Waals surface area contributed by atoms with Gasteiger partial charge in [0.15, 0.2) is 5.13 Å². The van der Waals surface area contributed by atoms with E-state index in [0.717, 1.165) is 24.3 Å². The number of fused-ring (bicyclic) bond motifs is 1. The van der Waals surface area contributed by atoms with E-state index in [2.05, 4.69) is 29.0 Å². The molecule has 3 rings (SSSR count). The van der Waals surface area contributed by atoms with Crippen molar-refractivity contribution in [3.05, 3.63) is 23.8 Å². The molecule has 2 aromatic rings. The number of hydrogen-bond donors (Lipinski definition) is 1. The number of halogens is 3. The predicted octanol–water partition coefficient (Wildman–Crippen LogP) is 3.50. The fourth-order valence-electron chi connectivity index (χ4n) is 2.71. The third kappa shape index (κ3) is 2.98. The van der Waals surface area contributed by atoms with Gasteiger partial charge in [-0.05, 0) is 32.0 Å². The normalized spacial score (nSPS) is 23.8. The molecule has 1 fully saturated rings. The second-order valence-electron chi connectivity index (χ2n) is 5.55. The van der Waals surface area contributed by atoms with Crippen LogP contribution in [0.2, 0.25) is 0 Å². The van der Waals surface area contributed by atoms with Crippen LogP contribution in [-0.2, 0) is 6.18 Å². The zero-order chi connectivity index (χ0) is 15.2. The summed E-state index contributed by atoms with van der Waals surface area (Å²) in [4.78, 5) is 6.62. The van der Waals surface area contributed by atoms with Crippen molar-refractivity contribution >= 4 is 26.7 Å². The number of aromatic nitrogens is 1. The second-order valence-corrected chi connectivity index (χ2v) is 6.56. The SMILES string of the molecule is C[C@H]1CN(c2nc3ccc(C(F)(F)F)cc3s2)C[C@H](C)N1. The largest absolute Gasteiger partial charge is 0.416 e. The third-order valence-electron chi connectivity index (χ3n) is 3.53. The average molecular weight is 315 g/mol. The third-order valence-corrected chi connectivity index (χ3v) is 4.61. The minimum atomic E-state index is -4.31. The molecule has 1 aliphatic rings. The zero-order valence-corrected chi connectivity index (χ0v) is 12.6. The number of nitrogens with zero attached hydrogens (tertiary/aromatic N) is 2. The molecule has 21 heavy (non-hydrogen) atoms. The summed E-state index contributed by atoms with van der Waals surface area (Å²) in [7, 11) is 0. The Labute approximate surface area is 124 Å². The summed E-state index contributed by atoms with van der Waals surface area (Å²) in [6.45, 7) is 5.82. The highest BCUT2D eigenvalue weighted by Crippen LogP contribution is 2.35. The molecular weight excluding hydrogens is 299 g/mol. The van der Waals surface area contributed by atoms with Gasteiger partial charge in [0.1, 0.15) is 0 Å². The molecule has 1 aromatic heterocycles. The van der Waals surface area contributed by atoms with Gasteiger partial charge in [-0.2, -0.15) is 13.2 Å². The van der Waals surface area contributed by atoms with Crippen LogP contribution in [0.1, 0.15) is 19.4 Å². The fourth-order valence-corrected chi connectivity index (χ4v) is 3.73. The monoisotopic (exact) mass is 315 g/mol. The quantitative estimate of drug-likeness (QED) is 0.873. The molecule has 0 radical (unpaired) electrons. The van der Waals surface area contributed by atoms with E-state index in [1.807, 2.05) is 0 Å². The maximum atomic E-state index is 12.7. The van der Waals surface area contributed by atoms with Gasteiger partial charge in [-0.15, -0.1) is 0 Å². The van der Waals surface area contributed by atoms with Crippen molar-refractivity contribution in [3.8, 4) is 0 Å². The Hall–Kier alpha value is -1.34. The van der Waals surface area contributed by atoms with Crippen LogP contribution < -0.4 is 10.2 Å². The highest BCUT2D eigenvalue weighted by molar-refractivity contribution is 7.22. The fraction of sp³-hybridized carbons (Fsp3) is 0.500. The minimum absolute atomic E-state index is 0.339. The lowest BCUT2D eigenvalue weighted by Gasteiger charge is -2.35. The van der Waals surface area contributed by atoms with E-state index in [4.69, 9.17) is 0 Å². The van der Waals surface area contributed by atoms with E-state index in [1.165, 1.54) is 23.5 Å². The van der Waals surface area contributed by atoms with Crippen molar-refractivity contribution in [2.24, 2.45) is 0 Å². The number of hydrogen-bond acceptors (Lipinski definition) is 4. The molecule has 1 aromatic carbocycles. The molecule has 1 saturated heterocycles. The summed E-state index contributed by atoms with van der Waals surface area (Å²) < 4.78 is 38.8. The predicted molar refractivity (Wildman–Crippen MR) is 78.9 cm³/mol. The van der Waals surface area contributed by atoms with Gasteiger partial charge in [0.2, 0.25) is 0 Å². The number of anilines is 1. The summed E-state index contributed by atoms with van der Waals surface area (Å²) in [5.74, 6) is 0. The number of rotatable bonds is 1. The molecule has 3 nitrogen and oxygen atoms in total. The van der Waals surface area contributed by atoms with Gasteiger partial charge in [0.25, 0.3) is 0 Å². The lowest BCUT2D eigenvalue weighted by Crippen LogP contribution is -2.54. The smallest absolute Gasteiger partial charge is 0.345 e. The van der Waals surface area contributed by atoms with Gasteiger partial charge < -0.3 is 10.2 Å². The highest BCUT2D eigenvalue weighted by Gasteiger charge is 2.31. The van der Waals surface area contributed by atoms with Gasteiger partial charge in [-0.1, -0.05) is 11.3 Å².